The van der Waals surface area contributed by atoms with E-state index in [0.29, 0.717) is 18.2 Å². The van der Waals surface area contributed by atoms with E-state index in [4.69, 9.17) is 23.2 Å². The van der Waals surface area contributed by atoms with Crippen LogP contribution in [-0.4, -0.2) is 46.0 Å². The van der Waals surface area contributed by atoms with Crippen LogP contribution in [0, 0.1) is 6.92 Å². The molecule has 0 spiro atoms. The van der Waals surface area contributed by atoms with Crippen molar-refractivity contribution in [1.29, 1.82) is 0 Å². The Labute approximate surface area is 238 Å². The number of rotatable bonds is 6. The van der Waals surface area contributed by atoms with Crippen molar-refractivity contribution in [3.05, 3.63) is 88.3 Å². The smallest absolute Gasteiger partial charge is 0.338 e. The van der Waals surface area contributed by atoms with Crippen molar-refractivity contribution in [2.75, 3.05) is 31.9 Å². The first-order valence-corrected chi connectivity index (χ1v) is 14.7. The van der Waals surface area contributed by atoms with Gasteiger partial charge in [-0.25, -0.2) is 4.79 Å². The minimum absolute atomic E-state index is 0.0666. The van der Waals surface area contributed by atoms with Gasteiger partial charge in [0.25, 0.3) is 10.1 Å². The first-order chi connectivity index (χ1) is 19.7. The zero-order chi connectivity index (χ0) is 29.0. The van der Waals surface area contributed by atoms with Crippen molar-refractivity contribution < 1.29 is 31.6 Å². The van der Waals surface area contributed by atoms with E-state index in [1.165, 1.54) is 12.1 Å². The molecular weight excluding hydrogens is 548 g/mol. The number of fused-ring (bicyclic) bond motifs is 2. The van der Waals surface area contributed by atoms with Gasteiger partial charge in [0.15, 0.2) is 11.5 Å². The van der Waals surface area contributed by atoms with Crippen LogP contribution in [0.5, 0.6) is 17.2 Å². The van der Waals surface area contributed by atoms with E-state index in [0.717, 1.165) is 65.4 Å². The lowest BCUT2D eigenvalue weighted by atomic mass is 10.0. The first-order valence-electron chi connectivity index (χ1n) is 13.2. The SMILES string of the molecule is COc1ccc2oc(=O)cc(N(Cc3ccc4c(c3)OCO4)C3CCNCC3)c2c1.Cc1ccc(S(=O)(=O)O)cc1. The van der Waals surface area contributed by atoms with Crippen molar-refractivity contribution in [2.24, 2.45) is 0 Å². The molecule has 0 aliphatic carbocycles. The normalized spacial score (nSPS) is 14.8. The molecule has 0 amide bonds. The zero-order valence-corrected chi connectivity index (χ0v) is 23.6. The van der Waals surface area contributed by atoms with Crippen LogP contribution in [0.15, 0.2) is 80.8 Å². The average Bonchev–Trinajstić information content (AvgIpc) is 3.44. The van der Waals surface area contributed by atoms with Crippen LogP contribution in [0.1, 0.15) is 24.0 Å². The Bertz CT molecular complexity index is 1680. The van der Waals surface area contributed by atoms with Crippen molar-refractivity contribution in [2.45, 2.75) is 37.2 Å². The zero-order valence-electron chi connectivity index (χ0n) is 22.8. The minimum atomic E-state index is -4.02. The van der Waals surface area contributed by atoms with E-state index in [2.05, 4.69) is 16.3 Å². The van der Waals surface area contributed by atoms with Crippen LogP contribution < -0.4 is 30.1 Å². The van der Waals surface area contributed by atoms with Crippen molar-refractivity contribution >= 4 is 26.8 Å². The maximum atomic E-state index is 12.4. The molecule has 11 heteroatoms. The maximum Gasteiger partial charge on any atom is 0.338 e. The second-order valence-electron chi connectivity index (χ2n) is 9.90. The molecule has 4 aromatic rings. The first kappa shape index (κ1) is 28.5. The Morgan fingerprint density at radius 2 is 1.71 bits per heavy atom. The van der Waals surface area contributed by atoms with E-state index in [1.54, 1.807) is 31.4 Å². The van der Waals surface area contributed by atoms with Gasteiger partial charge in [-0.1, -0.05) is 23.8 Å². The Balaban J connectivity index is 0.000000259. The van der Waals surface area contributed by atoms with E-state index in [-0.39, 0.29) is 17.3 Å². The summed E-state index contributed by atoms with van der Waals surface area (Å²) in [6.45, 7) is 4.64. The number of ether oxygens (including phenoxy) is 3. The molecule has 2 aliphatic heterocycles. The number of hydrogen-bond acceptors (Lipinski definition) is 9. The molecule has 1 saturated heterocycles. The number of nitrogens with zero attached hydrogens (tertiary/aromatic N) is 1. The quantitative estimate of drug-likeness (QED) is 0.248. The Morgan fingerprint density at radius 3 is 2.41 bits per heavy atom. The number of benzene rings is 3. The van der Waals surface area contributed by atoms with Gasteiger partial charge >= 0.3 is 5.63 Å². The third-order valence-electron chi connectivity index (χ3n) is 7.10. The maximum absolute atomic E-state index is 12.4. The highest BCUT2D eigenvalue weighted by Gasteiger charge is 2.25. The molecule has 0 saturated carbocycles. The molecule has 0 atom stereocenters. The summed E-state index contributed by atoms with van der Waals surface area (Å²) < 4.78 is 51.4. The molecule has 3 heterocycles. The standard InChI is InChI=1S/C23H24N2O5.C7H8O3S/c1-27-17-3-5-20-18(11-17)19(12-23(26)30-20)25(16-6-8-24-9-7-16)13-15-2-4-21-22(10-15)29-14-28-21;1-6-2-4-7(5-3-6)11(8,9)10/h2-5,10-12,16,24H,6-9,13-14H2,1H3;2-5H,1H3,(H,8,9,10). The lowest BCUT2D eigenvalue weighted by Crippen LogP contribution is -2.43. The summed E-state index contributed by atoms with van der Waals surface area (Å²) in [4.78, 5) is 14.6. The number of aryl methyl sites for hydroxylation is 1. The van der Waals surface area contributed by atoms with Gasteiger partial charge in [0.1, 0.15) is 11.3 Å². The predicted molar refractivity (Wildman–Crippen MR) is 155 cm³/mol. The molecule has 0 radical (unpaired) electrons. The molecule has 216 valence electrons. The van der Waals surface area contributed by atoms with E-state index >= 15 is 0 Å². The number of nitrogens with one attached hydrogen (secondary N) is 1. The van der Waals surface area contributed by atoms with Crippen molar-refractivity contribution in [3.63, 3.8) is 0 Å². The van der Waals surface area contributed by atoms with Crippen LogP contribution >= 0.6 is 0 Å². The summed E-state index contributed by atoms with van der Waals surface area (Å²) in [6.07, 6.45) is 1.99. The Kier molecular flexibility index (Phi) is 8.48. The number of piperidine rings is 1. The van der Waals surface area contributed by atoms with Gasteiger partial charge in [-0.3, -0.25) is 4.55 Å². The van der Waals surface area contributed by atoms with Crippen molar-refractivity contribution in [1.82, 2.24) is 5.32 Å². The molecule has 0 bridgehead atoms. The van der Waals surface area contributed by atoms with Gasteiger partial charge in [0, 0.05) is 24.0 Å². The summed E-state index contributed by atoms with van der Waals surface area (Å²) in [5.41, 5.74) is 3.12. The third kappa shape index (κ3) is 6.82. The molecule has 1 aromatic heterocycles. The Morgan fingerprint density at radius 1 is 0.976 bits per heavy atom. The van der Waals surface area contributed by atoms with Crippen LogP contribution in [-0.2, 0) is 16.7 Å². The third-order valence-corrected chi connectivity index (χ3v) is 7.96. The highest BCUT2D eigenvalue weighted by atomic mass is 32.2. The molecule has 6 rings (SSSR count). The van der Waals surface area contributed by atoms with E-state index < -0.39 is 10.1 Å². The number of hydrogen-bond donors (Lipinski definition) is 2. The van der Waals surface area contributed by atoms with Gasteiger partial charge in [-0.15, -0.1) is 0 Å². The second kappa shape index (κ2) is 12.2. The fourth-order valence-corrected chi connectivity index (χ4v) is 5.45. The van der Waals surface area contributed by atoms with Gasteiger partial charge in [-0.2, -0.15) is 8.42 Å². The summed E-state index contributed by atoms with van der Waals surface area (Å²) in [7, 11) is -2.38. The van der Waals surface area contributed by atoms with Gasteiger partial charge in [0.2, 0.25) is 6.79 Å². The highest BCUT2D eigenvalue weighted by molar-refractivity contribution is 7.85. The fourth-order valence-electron chi connectivity index (χ4n) is 4.97. The molecular formula is C30H32N2O8S. The molecule has 2 aliphatic rings. The van der Waals surface area contributed by atoms with Gasteiger partial charge < -0.3 is 28.8 Å². The lowest BCUT2D eigenvalue weighted by Gasteiger charge is -2.37. The molecule has 10 nitrogen and oxygen atoms in total. The minimum Gasteiger partial charge on any atom is -0.497 e. The van der Waals surface area contributed by atoms with Crippen LogP contribution in [0.25, 0.3) is 11.0 Å². The molecule has 0 unspecified atom stereocenters. The fraction of sp³-hybridized carbons (Fsp3) is 0.300. The monoisotopic (exact) mass is 580 g/mol. The van der Waals surface area contributed by atoms with Crippen LogP contribution in [0.3, 0.4) is 0 Å². The predicted octanol–water partition coefficient (Wildman–Crippen LogP) is 4.53. The van der Waals surface area contributed by atoms with Crippen molar-refractivity contribution in [3.8, 4) is 17.2 Å². The molecule has 41 heavy (non-hydrogen) atoms. The average molecular weight is 581 g/mol. The summed E-state index contributed by atoms with van der Waals surface area (Å²) >= 11 is 0. The van der Waals surface area contributed by atoms with Crippen LogP contribution in [0.4, 0.5) is 5.69 Å². The van der Waals surface area contributed by atoms with Gasteiger partial charge in [-0.05, 0) is 80.9 Å². The summed E-state index contributed by atoms with van der Waals surface area (Å²) in [5, 5.41) is 4.29. The van der Waals surface area contributed by atoms with E-state index in [1.807, 2.05) is 31.2 Å². The lowest BCUT2D eigenvalue weighted by molar-refractivity contribution is 0.174. The highest BCUT2D eigenvalue weighted by Crippen LogP contribution is 2.36. The van der Waals surface area contributed by atoms with E-state index in [9.17, 15) is 13.2 Å². The Hall–Kier alpha value is -4.06. The molecule has 3 aromatic carbocycles. The van der Waals surface area contributed by atoms with Crippen LogP contribution in [0.2, 0.25) is 0 Å². The molecule has 1 fully saturated rings. The molecule has 2 N–H and O–H groups in total. The van der Waals surface area contributed by atoms with Gasteiger partial charge in [0.05, 0.1) is 17.7 Å². The summed E-state index contributed by atoms with van der Waals surface area (Å²) in [5.74, 6) is 2.26. The largest absolute Gasteiger partial charge is 0.497 e. The second-order valence-corrected chi connectivity index (χ2v) is 11.3. The number of anilines is 1. The topological polar surface area (TPSA) is 128 Å². The summed E-state index contributed by atoms with van der Waals surface area (Å²) in [6, 6.07) is 19.4. The number of methoxy groups -OCH3 is 1.